The molecule has 0 saturated heterocycles. The van der Waals surface area contributed by atoms with Gasteiger partial charge in [-0.15, -0.1) is 11.8 Å². The van der Waals surface area contributed by atoms with E-state index < -0.39 is 0 Å². The van der Waals surface area contributed by atoms with Crippen LogP contribution in [0.5, 0.6) is 0 Å². The minimum atomic E-state index is 0.203. The van der Waals surface area contributed by atoms with E-state index in [4.69, 9.17) is 17.2 Å². The van der Waals surface area contributed by atoms with Gasteiger partial charge in [0.1, 0.15) is 10.8 Å². The van der Waals surface area contributed by atoms with Crippen LogP contribution < -0.4 is 17.2 Å². The molecule has 0 aliphatic heterocycles. The molecule has 1 aromatic rings. The Morgan fingerprint density at radius 3 is 2.67 bits per heavy atom. The zero-order chi connectivity index (χ0) is 8.97. The van der Waals surface area contributed by atoms with Crippen LogP contribution in [0.25, 0.3) is 0 Å². The summed E-state index contributed by atoms with van der Waals surface area (Å²) in [5.74, 6) is 1.40. The second kappa shape index (κ2) is 4.13. The van der Waals surface area contributed by atoms with Gasteiger partial charge >= 0.3 is 0 Å². The van der Waals surface area contributed by atoms with Gasteiger partial charge in [0, 0.05) is 18.4 Å². The van der Waals surface area contributed by atoms with E-state index in [0.29, 0.717) is 12.4 Å². The van der Waals surface area contributed by atoms with Gasteiger partial charge in [0.2, 0.25) is 5.95 Å². The summed E-state index contributed by atoms with van der Waals surface area (Å²) in [5.41, 5.74) is 16.2. The van der Waals surface area contributed by atoms with E-state index in [2.05, 4.69) is 9.97 Å². The van der Waals surface area contributed by atoms with Gasteiger partial charge in [0.05, 0.1) is 0 Å². The molecule has 1 rings (SSSR count). The fourth-order valence-corrected chi connectivity index (χ4v) is 1.39. The number of aromatic nitrogens is 2. The van der Waals surface area contributed by atoms with Crippen molar-refractivity contribution >= 4 is 23.5 Å². The van der Waals surface area contributed by atoms with E-state index in [-0.39, 0.29) is 5.95 Å². The number of anilines is 2. The molecule has 0 atom stereocenters. The maximum atomic E-state index is 5.46. The molecule has 0 bridgehead atoms. The monoisotopic (exact) mass is 185 g/mol. The van der Waals surface area contributed by atoms with Crippen molar-refractivity contribution in [1.29, 1.82) is 0 Å². The van der Waals surface area contributed by atoms with Crippen LogP contribution in [-0.2, 0) is 0 Å². The lowest BCUT2D eigenvalue weighted by Crippen LogP contribution is -2.03. The van der Waals surface area contributed by atoms with Gasteiger partial charge in [-0.2, -0.15) is 4.98 Å². The minimum absolute atomic E-state index is 0.203. The van der Waals surface area contributed by atoms with E-state index in [1.165, 1.54) is 11.8 Å². The van der Waals surface area contributed by atoms with Crippen LogP contribution >= 0.6 is 11.8 Å². The van der Waals surface area contributed by atoms with Gasteiger partial charge in [-0.25, -0.2) is 4.98 Å². The molecule has 6 N–H and O–H groups in total. The van der Waals surface area contributed by atoms with Crippen LogP contribution in [0.3, 0.4) is 0 Å². The summed E-state index contributed by atoms with van der Waals surface area (Å²) in [6.07, 6.45) is 0. The van der Waals surface area contributed by atoms with Gasteiger partial charge in [0.25, 0.3) is 0 Å². The van der Waals surface area contributed by atoms with Crippen molar-refractivity contribution in [1.82, 2.24) is 9.97 Å². The molecule has 1 aromatic heterocycles. The topological polar surface area (TPSA) is 104 Å². The Morgan fingerprint density at radius 1 is 1.33 bits per heavy atom. The molecule has 1 heterocycles. The molecule has 0 aliphatic rings. The maximum Gasteiger partial charge on any atom is 0.223 e. The fraction of sp³-hybridized carbons (Fsp3) is 0.333. The van der Waals surface area contributed by atoms with Crippen molar-refractivity contribution in [3.63, 3.8) is 0 Å². The zero-order valence-electron chi connectivity index (χ0n) is 6.53. The highest BCUT2D eigenvalue weighted by molar-refractivity contribution is 7.99. The van der Waals surface area contributed by atoms with Crippen molar-refractivity contribution in [2.75, 3.05) is 23.8 Å². The Morgan fingerprint density at radius 2 is 2.08 bits per heavy atom. The summed E-state index contributed by atoms with van der Waals surface area (Å²) in [6.45, 7) is 0.606. The first-order valence-corrected chi connectivity index (χ1v) is 4.44. The van der Waals surface area contributed by atoms with Gasteiger partial charge in [-0.3, -0.25) is 0 Å². The summed E-state index contributed by atoms with van der Waals surface area (Å²) < 4.78 is 0. The molecule has 5 nitrogen and oxygen atoms in total. The zero-order valence-corrected chi connectivity index (χ0v) is 7.34. The Kier molecular flexibility index (Phi) is 3.12. The van der Waals surface area contributed by atoms with Crippen LogP contribution in [0.1, 0.15) is 0 Å². The first kappa shape index (κ1) is 9.08. The summed E-state index contributed by atoms with van der Waals surface area (Å²) >= 11 is 1.51. The fourth-order valence-electron chi connectivity index (χ4n) is 0.699. The van der Waals surface area contributed by atoms with E-state index in [1.807, 2.05) is 0 Å². The lowest BCUT2D eigenvalue weighted by Gasteiger charge is -2.00. The molecule has 0 unspecified atom stereocenters. The lowest BCUT2D eigenvalue weighted by atomic mass is 10.6. The number of nitrogens with two attached hydrogens (primary N) is 3. The average Bonchev–Trinajstić information content (AvgIpc) is 1.99. The number of rotatable bonds is 3. The summed E-state index contributed by atoms with van der Waals surface area (Å²) in [4.78, 5) is 7.71. The quantitative estimate of drug-likeness (QED) is 0.441. The van der Waals surface area contributed by atoms with Crippen LogP contribution in [0, 0.1) is 0 Å². The Hall–Kier alpha value is -1.01. The first-order chi connectivity index (χ1) is 5.72. The van der Waals surface area contributed by atoms with Gasteiger partial charge in [-0.05, 0) is 0 Å². The van der Waals surface area contributed by atoms with E-state index in [9.17, 15) is 0 Å². The molecule has 0 saturated carbocycles. The molecule has 0 fully saturated rings. The van der Waals surface area contributed by atoms with E-state index >= 15 is 0 Å². The standard InChI is InChI=1S/C6H11N5S/c7-1-2-12-5-3-4(8)10-6(9)11-5/h3H,1-2,7H2,(H4,8,9,10,11). The molecular formula is C6H11N5S. The first-order valence-electron chi connectivity index (χ1n) is 3.45. The smallest absolute Gasteiger partial charge is 0.223 e. The molecule has 12 heavy (non-hydrogen) atoms. The molecule has 0 amide bonds. The van der Waals surface area contributed by atoms with Crippen molar-refractivity contribution < 1.29 is 0 Å². The molecule has 66 valence electrons. The highest BCUT2D eigenvalue weighted by Crippen LogP contribution is 2.16. The van der Waals surface area contributed by atoms with E-state index in [1.54, 1.807) is 6.07 Å². The normalized spacial score (nSPS) is 10.1. The highest BCUT2D eigenvalue weighted by Gasteiger charge is 1.98. The molecular weight excluding hydrogens is 174 g/mol. The average molecular weight is 185 g/mol. The number of nitrogen functional groups attached to an aromatic ring is 2. The second-order valence-electron chi connectivity index (χ2n) is 2.13. The van der Waals surface area contributed by atoms with Crippen molar-refractivity contribution in [3.05, 3.63) is 6.07 Å². The van der Waals surface area contributed by atoms with Crippen LogP contribution in [0.15, 0.2) is 11.1 Å². The van der Waals surface area contributed by atoms with Gasteiger partial charge in [-0.1, -0.05) is 0 Å². The van der Waals surface area contributed by atoms with E-state index in [0.717, 1.165) is 10.8 Å². The molecule has 0 radical (unpaired) electrons. The summed E-state index contributed by atoms with van der Waals surface area (Å²) in [6, 6.07) is 1.68. The van der Waals surface area contributed by atoms with Crippen molar-refractivity contribution in [3.8, 4) is 0 Å². The summed E-state index contributed by atoms with van der Waals surface area (Å²) in [7, 11) is 0. The Labute approximate surface area is 74.7 Å². The van der Waals surface area contributed by atoms with Crippen LogP contribution in [0.2, 0.25) is 0 Å². The lowest BCUT2D eigenvalue weighted by molar-refractivity contribution is 1.06. The largest absolute Gasteiger partial charge is 0.383 e. The van der Waals surface area contributed by atoms with Gasteiger partial charge < -0.3 is 17.2 Å². The number of hydrogen-bond donors (Lipinski definition) is 3. The molecule has 6 heteroatoms. The second-order valence-corrected chi connectivity index (χ2v) is 3.24. The molecule has 0 aliphatic carbocycles. The van der Waals surface area contributed by atoms with Gasteiger partial charge in [0.15, 0.2) is 0 Å². The minimum Gasteiger partial charge on any atom is -0.383 e. The number of hydrogen-bond acceptors (Lipinski definition) is 6. The van der Waals surface area contributed by atoms with Crippen molar-refractivity contribution in [2.45, 2.75) is 5.03 Å². The molecule has 0 aromatic carbocycles. The third kappa shape index (κ3) is 2.55. The third-order valence-corrected chi connectivity index (χ3v) is 2.05. The number of thioether (sulfide) groups is 1. The Bertz CT molecular complexity index is 244. The van der Waals surface area contributed by atoms with Crippen LogP contribution in [0.4, 0.5) is 11.8 Å². The third-order valence-electron chi connectivity index (χ3n) is 1.11. The number of nitrogens with zero attached hydrogens (tertiary/aromatic N) is 2. The predicted molar refractivity (Wildman–Crippen MR) is 50.6 cm³/mol. The highest BCUT2D eigenvalue weighted by atomic mass is 32.2. The Balaban J connectivity index is 2.72. The SMILES string of the molecule is NCCSc1cc(N)nc(N)n1. The van der Waals surface area contributed by atoms with Crippen LogP contribution in [-0.4, -0.2) is 22.3 Å². The molecule has 0 spiro atoms. The summed E-state index contributed by atoms with van der Waals surface area (Å²) in [5, 5.41) is 0.769. The predicted octanol–water partition coefficient (Wildman–Crippen LogP) is -0.308. The van der Waals surface area contributed by atoms with Crippen molar-refractivity contribution in [2.24, 2.45) is 5.73 Å². The maximum absolute atomic E-state index is 5.46.